The summed E-state index contributed by atoms with van der Waals surface area (Å²) in [4.78, 5) is 11.6. The summed E-state index contributed by atoms with van der Waals surface area (Å²) in [6, 6.07) is 12.9. The summed E-state index contributed by atoms with van der Waals surface area (Å²) in [6.45, 7) is 0. The van der Waals surface area contributed by atoms with E-state index in [1.807, 2.05) is 0 Å². The van der Waals surface area contributed by atoms with E-state index in [2.05, 4.69) is 5.32 Å². The number of hydrogen-bond acceptors (Lipinski definition) is 1. The van der Waals surface area contributed by atoms with E-state index in [1.54, 1.807) is 42.5 Å². The van der Waals surface area contributed by atoms with Gasteiger partial charge in [-0.1, -0.05) is 29.8 Å². The zero-order valence-electron chi connectivity index (χ0n) is 9.94. The van der Waals surface area contributed by atoms with E-state index in [9.17, 15) is 9.18 Å². The number of nitrogens with one attached hydrogen (secondary N) is 1. The highest BCUT2D eigenvalue weighted by atomic mass is 35.5. The second-order valence-corrected chi connectivity index (χ2v) is 4.32. The van der Waals surface area contributed by atoms with Gasteiger partial charge < -0.3 is 5.32 Å². The van der Waals surface area contributed by atoms with Crippen LogP contribution in [-0.2, 0) is 4.79 Å². The minimum atomic E-state index is -0.336. The predicted octanol–water partition coefficient (Wildman–Crippen LogP) is 4.13. The number of benzene rings is 2. The van der Waals surface area contributed by atoms with Crippen molar-refractivity contribution < 1.29 is 9.18 Å². The van der Waals surface area contributed by atoms with Gasteiger partial charge in [0.05, 0.1) is 0 Å². The Labute approximate surface area is 115 Å². The monoisotopic (exact) mass is 275 g/mol. The zero-order valence-corrected chi connectivity index (χ0v) is 10.7. The van der Waals surface area contributed by atoms with Gasteiger partial charge in [0.15, 0.2) is 0 Å². The summed E-state index contributed by atoms with van der Waals surface area (Å²) in [5.41, 5.74) is 1.24. The number of hydrogen-bond donors (Lipinski definition) is 1. The van der Waals surface area contributed by atoms with Crippen molar-refractivity contribution in [3.8, 4) is 0 Å². The molecule has 0 saturated carbocycles. The summed E-state index contributed by atoms with van der Waals surface area (Å²) in [5, 5.41) is 3.21. The van der Waals surface area contributed by atoms with Gasteiger partial charge in [0.25, 0.3) is 0 Å². The maximum atomic E-state index is 12.9. The molecule has 0 fully saturated rings. The third-order valence-electron chi connectivity index (χ3n) is 2.37. The number of anilines is 1. The van der Waals surface area contributed by atoms with Crippen molar-refractivity contribution in [2.75, 3.05) is 5.32 Å². The molecule has 96 valence electrons. The van der Waals surface area contributed by atoms with Gasteiger partial charge in [-0.15, -0.1) is 0 Å². The molecule has 0 aromatic heterocycles. The largest absolute Gasteiger partial charge is 0.322 e. The van der Waals surface area contributed by atoms with Gasteiger partial charge in [0.2, 0.25) is 5.91 Å². The van der Waals surface area contributed by atoms with E-state index in [0.717, 1.165) is 0 Å². The fraction of sp³-hybridized carbons (Fsp3) is 0. The first-order chi connectivity index (χ1) is 9.13. The molecule has 2 aromatic rings. The molecule has 1 amide bonds. The standard InChI is InChI=1S/C15H11ClFNO/c16-12-4-2-6-14(10-12)18-15(19)8-7-11-3-1-5-13(17)9-11/h1-10H,(H,18,19)/b8-7+. The molecule has 0 unspecified atom stereocenters. The molecule has 2 rings (SSSR count). The molecule has 0 heterocycles. The molecule has 2 nitrogen and oxygen atoms in total. The van der Waals surface area contributed by atoms with E-state index in [0.29, 0.717) is 16.3 Å². The van der Waals surface area contributed by atoms with Crippen LogP contribution in [0.25, 0.3) is 6.08 Å². The third kappa shape index (κ3) is 4.23. The maximum Gasteiger partial charge on any atom is 0.248 e. The van der Waals surface area contributed by atoms with Gasteiger partial charge in [-0.25, -0.2) is 4.39 Å². The summed E-state index contributed by atoms with van der Waals surface area (Å²) < 4.78 is 12.9. The van der Waals surface area contributed by atoms with Gasteiger partial charge in [0.1, 0.15) is 5.82 Å². The van der Waals surface area contributed by atoms with Crippen LogP contribution in [0.5, 0.6) is 0 Å². The molecule has 0 radical (unpaired) electrons. The first-order valence-corrected chi connectivity index (χ1v) is 6.01. The van der Waals surface area contributed by atoms with Crippen LogP contribution in [0.1, 0.15) is 5.56 Å². The van der Waals surface area contributed by atoms with E-state index in [1.165, 1.54) is 18.2 Å². The molecule has 0 atom stereocenters. The lowest BCUT2D eigenvalue weighted by Gasteiger charge is -2.02. The van der Waals surface area contributed by atoms with Crippen molar-refractivity contribution in [1.82, 2.24) is 0 Å². The van der Waals surface area contributed by atoms with Gasteiger partial charge in [0, 0.05) is 16.8 Å². The average molecular weight is 276 g/mol. The van der Waals surface area contributed by atoms with E-state index in [4.69, 9.17) is 11.6 Å². The normalized spacial score (nSPS) is 10.6. The van der Waals surface area contributed by atoms with Crippen LogP contribution in [-0.4, -0.2) is 5.91 Å². The molecule has 0 bridgehead atoms. The van der Waals surface area contributed by atoms with Gasteiger partial charge >= 0.3 is 0 Å². The fourth-order valence-corrected chi connectivity index (χ4v) is 1.72. The molecule has 0 saturated heterocycles. The summed E-state index contributed by atoms with van der Waals surface area (Å²) in [7, 11) is 0. The summed E-state index contributed by atoms with van der Waals surface area (Å²) in [5.74, 6) is -0.635. The Bertz CT molecular complexity index is 625. The van der Waals surface area contributed by atoms with Crippen molar-refractivity contribution in [1.29, 1.82) is 0 Å². The average Bonchev–Trinajstić information content (AvgIpc) is 2.36. The van der Waals surface area contributed by atoms with Gasteiger partial charge in [-0.2, -0.15) is 0 Å². The van der Waals surface area contributed by atoms with Crippen molar-refractivity contribution in [3.63, 3.8) is 0 Å². The van der Waals surface area contributed by atoms with Crippen LogP contribution in [0.2, 0.25) is 5.02 Å². The lowest BCUT2D eigenvalue weighted by molar-refractivity contribution is -0.111. The first kappa shape index (κ1) is 13.3. The van der Waals surface area contributed by atoms with Gasteiger partial charge in [-0.3, -0.25) is 4.79 Å². The van der Waals surface area contributed by atoms with Crippen molar-refractivity contribution in [2.24, 2.45) is 0 Å². The van der Waals surface area contributed by atoms with E-state index in [-0.39, 0.29) is 11.7 Å². The fourth-order valence-electron chi connectivity index (χ4n) is 1.53. The molecular weight excluding hydrogens is 265 g/mol. The smallest absolute Gasteiger partial charge is 0.248 e. The molecule has 4 heteroatoms. The summed E-state index contributed by atoms with van der Waals surface area (Å²) in [6.07, 6.45) is 2.89. The number of amides is 1. The van der Waals surface area contributed by atoms with Crippen LogP contribution < -0.4 is 5.32 Å². The highest BCUT2D eigenvalue weighted by Crippen LogP contribution is 2.15. The minimum absolute atomic E-state index is 0.300. The predicted molar refractivity (Wildman–Crippen MR) is 75.5 cm³/mol. The third-order valence-corrected chi connectivity index (χ3v) is 2.60. The van der Waals surface area contributed by atoms with Crippen LogP contribution in [0, 0.1) is 5.82 Å². The minimum Gasteiger partial charge on any atom is -0.322 e. The topological polar surface area (TPSA) is 29.1 Å². The molecule has 0 aliphatic carbocycles. The van der Waals surface area contributed by atoms with Crippen molar-refractivity contribution >= 4 is 29.3 Å². The Balaban J connectivity index is 2.01. The molecule has 19 heavy (non-hydrogen) atoms. The van der Waals surface area contributed by atoms with Crippen LogP contribution in [0.15, 0.2) is 54.6 Å². The van der Waals surface area contributed by atoms with Crippen LogP contribution in [0.3, 0.4) is 0 Å². The molecule has 0 aliphatic rings. The Kier molecular flexibility index (Phi) is 4.31. The Morgan fingerprint density at radius 3 is 2.68 bits per heavy atom. The molecule has 0 spiro atoms. The molecule has 2 aromatic carbocycles. The lowest BCUT2D eigenvalue weighted by Crippen LogP contribution is -2.07. The lowest BCUT2D eigenvalue weighted by atomic mass is 10.2. The van der Waals surface area contributed by atoms with Crippen molar-refractivity contribution in [2.45, 2.75) is 0 Å². The summed E-state index contributed by atoms with van der Waals surface area (Å²) >= 11 is 5.81. The Morgan fingerprint density at radius 1 is 1.16 bits per heavy atom. The number of halogens is 2. The Hall–Kier alpha value is -2.13. The second-order valence-electron chi connectivity index (χ2n) is 3.89. The van der Waals surface area contributed by atoms with E-state index < -0.39 is 0 Å². The van der Waals surface area contributed by atoms with Crippen LogP contribution in [0.4, 0.5) is 10.1 Å². The molecular formula is C15H11ClFNO. The maximum absolute atomic E-state index is 12.9. The van der Waals surface area contributed by atoms with Gasteiger partial charge in [-0.05, 0) is 42.0 Å². The highest BCUT2D eigenvalue weighted by molar-refractivity contribution is 6.30. The first-order valence-electron chi connectivity index (χ1n) is 5.64. The molecule has 0 aliphatic heterocycles. The number of carbonyl (C=O) groups is 1. The molecule has 1 N–H and O–H groups in total. The van der Waals surface area contributed by atoms with Crippen LogP contribution >= 0.6 is 11.6 Å². The highest BCUT2D eigenvalue weighted by Gasteiger charge is 1.98. The zero-order chi connectivity index (χ0) is 13.7. The van der Waals surface area contributed by atoms with Crippen molar-refractivity contribution in [3.05, 3.63) is 71.0 Å². The Morgan fingerprint density at radius 2 is 1.95 bits per heavy atom. The quantitative estimate of drug-likeness (QED) is 0.839. The second kappa shape index (κ2) is 6.16. The number of carbonyl (C=O) groups excluding carboxylic acids is 1. The number of rotatable bonds is 3. The van der Waals surface area contributed by atoms with E-state index >= 15 is 0 Å². The SMILES string of the molecule is O=C(/C=C/c1cccc(F)c1)Nc1cccc(Cl)c1.